The van der Waals surface area contributed by atoms with Crippen LogP contribution in [0.25, 0.3) is 0 Å². The van der Waals surface area contributed by atoms with Gasteiger partial charge in [0, 0.05) is 6.54 Å². The molecule has 1 N–H and O–H groups in total. The molecule has 0 saturated carbocycles. The van der Waals surface area contributed by atoms with Crippen molar-refractivity contribution in [2.45, 2.75) is 6.42 Å². The van der Waals surface area contributed by atoms with Gasteiger partial charge in [0.1, 0.15) is 4.60 Å². The Bertz CT molecular complexity index is 477. The van der Waals surface area contributed by atoms with Gasteiger partial charge in [0.15, 0.2) is 18.2 Å². The SMILES string of the molecule is O=C(O)CCN1C(=O)COc2ccc(Br)nc21. The summed E-state index contributed by atoms with van der Waals surface area (Å²) < 4.78 is 5.77. The largest absolute Gasteiger partial charge is 0.481 e. The van der Waals surface area contributed by atoms with Gasteiger partial charge in [-0.2, -0.15) is 0 Å². The van der Waals surface area contributed by atoms with Crippen molar-refractivity contribution >= 4 is 33.6 Å². The molecule has 0 atom stereocenters. The summed E-state index contributed by atoms with van der Waals surface area (Å²) >= 11 is 3.20. The molecule has 0 unspecified atom stereocenters. The minimum Gasteiger partial charge on any atom is -0.481 e. The molecule has 0 bridgehead atoms. The number of aliphatic carboxylic acids is 1. The normalized spacial score (nSPS) is 14.2. The Labute approximate surface area is 105 Å². The average molecular weight is 301 g/mol. The van der Waals surface area contributed by atoms with E-state index in [9.17, 15) is 9.59 Å². The first-order valence-electron chi connectivity index (χ1n) is 4.89. The molecule has 17 heavy (non-hydrogen) atoms. The van der Waals surface area contributed by atoms with Crippen molar-refractivity contribution in [1.82, 2.24) is 4.98 Å². The Balaban J connectivity index is 2.28. The molecule has 90 valence electrons. The van der Waals surface area contributed by atoms with Crippen molar-refractivity contribution in [2.24, 2.45) is 0 Å². The van der Waals surface area contributed by atoms with Gasteiger partial charge < -0.3 is 9.84 Å². The van der Waals surface area contributed by atoms with E-state index < -0.39 is 5.97 Å². The van der Waals surface area contributed by atoms with Crippen molar-refractivity contribution in [3.8, 4) is 5.75 Å². The van der Waals surface area contributed by atoms with Crippen LogP contribution in [0, 0.1) is 0 Å². The second kappa shape index (κ2) is 4.70. The monoisotopic (exact) mass is 300 g/mol. The molecule has 2 heterocycles. The molecule has 1 amide bonds. The standard InChI is InChI=1S/C10H9BrN2O4/c11-7-2-1-6-10(12-7)13(4-3-9(15)16)8(14)5-17-6/h1-2H,3-5H2,(H,15,16). The van der Waals surface area contributed by atoms with Gasteiger partial charge in [-0.3, -0.25) is 14.5 Å². The molecule has 6 nitrogen and oxygen atoms in total. The number of carbonyl (C=O) groups is 2. The van der Waals surface area contributed by atoms with Crippen molar-refractivity contribution in [3.63, 3.8) is 0 Å². The minimum atomic E-state index is -0.958. The van der Waals surface area contributed by atoms with Gasteiger partial charge in [-0.25, -0.2) is 4.98 Å². The Morgan fingerprint density at radius 1 is 1.59 bits per heavy atom. The third-order valence-electron chi connectivity index (χ3n) is 2.26. The van der Waals surface area contributed by atoms with Crippen molar-refractivity contribution in [1.29, 1.82) is 0 Å². The number of hydrogen-bond acceptors (Lipinski definition) is 4. The summed E-state index contributed by atoms with van der Waals surface area (Å²) in [6.07, 6.45) is -0.126. The second-order valence-electron chi connectivity index (χ2n) is 3.43. The summed E-state index contributed by atoms with van der Waals surface area (Å²) in [5.74, 6) is -0.403. The number of halogens is 1. The quantitative estimate of drug-likeness (QED) is 0.844. The first kappa shape index (κ1) is 11.8. The predicted molar refractivity (Wildman–Crippen MR) is 62.0 cm³/mol. The summed E-state index contributed by atoms with van der Waals surface area (Å²) in [5, 5.41) is 8.63. The maximum absolute atomic E-state index is 11.6. The summed E-state index contributed by atoms with van der Waals surface area (Å²) in [4.78, 5) is 27.6. The number of carboxylic acid groups (broad SMARTS) is 1. The highest BCUT2D eigenvalue weighted by Gasteiger charge is 2.27. The molecule has 0 saturated heterocycles. The van der Waals surface area contributed by atoms with E-state index >= 15 is 0 Å². The topological polar surface area (TPSA) is 79.7 Å². The maximum atomic E-state index is 11.6. The number of rotatable bonds is 3. The summed E-state index contributed by atoms with van der Waals surface area (Å²) in [7, 11) is 0. The smallest absolute Gasteiger partial charge is 0.305 e. The Hall–Kier alpha value is -1.63. The fraction of sp³-hybridized carbons (Fsp3) is 0.300. The molecular formula is C10H9BrN2O4. The van der Waals surface area contributed by atoms with Gasteiger partial charge in [0.2, 0.25) is 0 Å². The molecule has 1 aromatic rings. The molecule has 0 radical (unpaired) electrons. The predicted octanol–water partition coefficient (Wildman–Crippen LogP) is 1.04. The molecule has 7 heteroatoms. The van der Waals surface area contributed by atoms with E-state index in [1.54, 1.807) is 12.1 Å². The summed E-state index contributed by atoms with van der Waals surface area (Å²) in [5.41, 5.74) is 0. The van der Waals surface area contributed by atoms with Crippen LogP contribution in [0.2, 0.25) is 0 Å². The van der Waals surface area contributed by atoms with Gasteiger partial charge in [0.25, 0.3) is 5.91 Å². The van der Waals surface area contributed by atoms with Gasteiger partial charge in [-0.15, -0.1) is 0 Å². The van der Waals surface area contributed by atoms with Crippen molar-refractivity contribution in [3.05, 3.63) is 16.7 Å². The molecule has 2 rings (SSSR count). The van der Waals surface area contributed by atoms with Crippen LogP contribution in [0.3, 0.4) is 0 Å². The number of anilines is 1. The fourth-order valence-corrected chi connectivity index (χ4v) is 1.79. The van der Waals surface area contributed by atoms with Crippen LogP contribution in [0.5, 0.6) is 5.75 Å². The van der Waals surface area contributed by atoms with E-state index in [0.717, 1.165) is 0 Å². The number of aromatic nitrogens is 1. The van der Waals surface area contributed by atoms with Crippen LogP contribution >= 0.6 is 15.9 Å². The lowest BCUT2D eigenvalue weighted by Crippen LogP contribution is -2.40. The Morgan fingerprint density at radius 2 is 2.35 bits per heavy atom. The van der Waals surface area contributed by atoms with Crippen LogP contribution in [-0.4, -0.2) is 35.1 Å². The third kappa shape index (κ3) is 2.55. The minimum absolute atomic E-state index is 0.0874. The summed E-state index contributed by atoms with van der Waals surface area (Å²) in [6, 6.07) is 3.39. The van der Waals surface area contributed by atoms with E-state index in [2.05, 4.69) is 20.9 Å². The number of fused-ring (bicyclic) bond motifs is 1. The van der Waals surface area contributed by atoms with Crippen LogP contribution in [0.4, 0.5) is 5.82 Å². The zero-order valence-electron chi connectivity index (χ0n) is 8.72. The van der Waals surface area contributed by atoms with E-state index in [1.165, 1.54) is 4.90 Å². The van der Waals surface area contributed by atoms with Gasteiger partial charge in [-0.05, 0) is 28.1 Å². The zero-order chi connectivity index (χ0) is 12.4. The number of nitrogens with zero attached hydrogens (tertiary/aromatic N) is 2. The van der Waals surface area contributed by atoms with Crippen molar-refractivity contribution < 1.29 is 19.4 Å². The van der Waals surface area contributed by atoms with Gasteiger partial charge in [0.05, 0.1) is 6.42 Å². The van der Waals surface area contributed by atoms with Crippen LogP contribution in [0.1, 0.15) is 6.42 Å². The Morgan fingerprint density at radius 3 is 3.06 bits per heavy atom. The molecule has 1 aromatic heterocycles. The first-order chi connectivity index (χ1) is 8.08. The highest BCUT2D eigenvalue weighted by molar-refractivity contribution is 9.10. The van der Waals surface area contributed by atoms with E-state index in [-0.39, 0.29) is 25.5 Å². The number of carboxylic acids is 1. The summed E-state index contributed by atoms with van der Waals surface area (Å²) in [6.45, 7) is 0.00388. The molecule has 1 aliphatic rings. The van der Waals surface area contributed by atoms with Crippen LogP contribution in [0.15, 0.2) is 16.7 Å². The van der Waals surface area contributed by atoms with Crippen LogP contribution in [-0.2, 0) is 9.59 Å². The Kier molecular flexibility index (Phi) is 3.28. The molecule has 0 aliphatic carbocycles. The van der Waals surface area contributed by atoms with E-state index in [1.807, 2.05) is 0 Å². The fourth-order valence-electron chi connectivity index (χ4n) is 1.49. The highest BCUT2D eigenvalue weighted by Crippen LogP contribution is 2.31. The van der Waals surface area contributed by atoms with Gasteiger partial charge in [-0.1, -0.05) is 0 Å². The molecule has 1 aliphatic heterocycles. The second-order valence-corrected chi connectivity index (χ2v) is 4.25. The average Bonchev–Trinajstić information content (AvgIpc) is 2.27. The third-order valence-corrected chi connectivity index (χ3v) is 2.70. The molecule has 0 aromatic carbocycles. The number of pyridine rings is 1. The lowest BCUT2D eigenvalue weighted by atomic mass is 10.3. The van der Waals surface area contributed by atoms with Gasteiger partial charge >= 0.3 is 5.97 Å². The number of ether oxygens (including phenoxy) is 1. The maximum Gasteiger partial charge on any atom is 0.305 e. The molecule has 0 spiro atoms. The van der Waals surface area contributed by atoms with E-state index in [0.29, 0.717) is 16.2 Å². The van der Waals surface area contributed by atoms with Crippen molar-refractivity contribution in [2.75, 3.05) is 18.1 Å². The zero-order valence-corrected chi connectivity index (χ0v) is 10.3. The molecular weight excluding hydrogens is 292 g/mol. The number of carbonyl (C=O) groups excluding carboxylic acids is 1. The number of hydrogen-bond donors (Lipinski definition) is 1. The van der Waals surface area contributed by atoms with Crippen LogP contribution < -0.4 is 9.64 Å². The highest BCUT2D eigenvalue weighted by atomic mass is 79.9. The first-order valence-corrected chi connectivity index (χ1v) is 5.69. The van der Waals surface area contributed by atoms with E-state index in [4.69, 9.17) is 9.84 Å². The molecule has 0 fully saturated rings. The lowest BCUT2D eigenvalue weighted by molar-refractivity contribution is -0.136. The number of amides is 1. The lowest BCUT2D eigenvalue weighted by Gasteiger charge is -2.27.